The molecule has 0 radical (unpaired) electrons. The van der Waals surface area contributed by atoms with Gasteiger partial charge >= 0.3 is 0 Å². The Hall–Kier alpha value is -3.10. The first-order valence-electron chi connectivity index (χ1n) is 10.9. The highest BCUT2D eigenvalue weighted by atomic mass is 35.5. The molecule has 2 N–H and O–H groups in total. The largest absolute Gasteiger partial charge is 0.322 e. The minimum absolute atomic E-state index is 0.171. The van der Waals surface area contributed by atoms with Crippen molar-refractivity contribution >= 4 is 75.0 Å². The molecule has 1 unspecified atom stereocenters. The third kappa shape index (κ3) is 7.21. The number of amides is 2. The second-order valence-electron chi connectivity index (χ2n) is 7.68. The van der Waals surface area contributed by atoms with Gasteiger partial charge in [0.1, 0.15) is 0 Å². The predicted octanol–water partition coefficient (Wildman–Crippen LogP) is 7.89. The highest BCUT2D eigenvalue weighted by molar-refractivity contribution is 8.00. The van der Waals surface area contributed by atoms with Crippen LogP contribution in [0.3, 0.4) is 0 Å². The Balaban J connectivity index is 1.33. The van der Waals surface area contributed by atoms with Crippen LogP contribution in [-0.4, -0.2) is 22.0 Å². The van der Waals surface area contributed by atoms with E-state index >= 15 is 0 Å². The third-order valence-electron chi connectivity index (χ3n) is 4.96. The third-order valence-corrected chi connectivity index (χ3v) is 7.55. The number of benzene rings is 3. The van der Waals surface area contributed by atoms with Crippen molar-refractivity contribution in [3.63, 3.8) is 0 Å². The minimum atomic E-state index is -0.383. The van der Waals surface area contributed by atoms with Crippen LogP contribution >= 0.6 is 46.3 Å². The molecule has 9 heteroatoms. The van der Waals surface area contributed by atoms with Gasteiger partial charge in [0.2, 0.25) is 11.8 Å². The summed E-state index contributed by atoms with van der Waals surface area (Å²) in [5.74, 6) is -0.399. The van der Waals surface area contributed by atoms with Crippen molar-refractivity contribution in [1.29, 1.82) is 0 Å². The number of nitrogens with one attached hydrogen (secondary N) is 2. The van der Waals surface area contributed by atoms with Gasteiger partial charge in [-0.25, -0.2) is 4.98 Å². The van der Waals surface area contributed by atoms with Crippen LogP contribution in [0.5, 0.6) is 0 Å². The minimum Gasteiger partial charge on any atom is -0.322 e. The van der Waals surface area contributed by atoms with Crippen molar-refractivity contribution in [1.82, 2.24) is 4.98 Å². The first-order chi connectivity index (χ1) is 17.4. The maximum atomic E-state index is 12.8. The smallest absolute Gasteiger partial charge is 0.248 e. The molecule has 5 nitrogen and oxygen atoms in total. The fraction of sp³-hybridized carbons (Fsp3) is 0.0741. The Kier molecular flexibility index (Phi) is 8.83. The van der Waals surface area contributed by atoms with E-state index in [2.05, 4.69) is 15.6 Å². The second kappa shape index (κ2) is 12.2. The lowest BCUT2D eigenvalue weighted by atomic mass is 10.2. The molecular formula is C27H21Cl2N3O2S2. The standard InChI is InChI=1S/C27H21Cl2N3O2S2/c1-17(26(34)32-27-31-24(16-35-27)19-11-12-22(28)23(29)14-19)36-21-9-5-8-20(15-21)30-25(33)13-10-18-6-3-2-4-7-18/h2-17H,1H3,(H,30,33)(H,31,32,34)/b13-10+. The Bertz CT molecular complexity index is 1410. The molecule has 3 aromatic carbocycles. The van der Waals surface area contributed by atoms with Crippen molar-refractivity contribution in [3.8, 4) is 11.3 Å². The fourth-order valence-corrected chi connectivity index (χ4v) is 5.10. The van der Waals surface area contributed by atoms with Crippen LogP contribution in [0.25, 0.3) is 17.3 Å². The van der Waals surface area contributed by atoms with E-state index in [9.17, 15) is 9.59 Å². The molecule has 4 aromatic rings. The first kappa shape index (κ1) is 26.0. The van der Waals surface area contributed by atoms with E-state index in [1.165, 1.54) is 29.2 Å². The Morgan fingerprint density at radius 2 is 1.78 bits per heavy atom. The van der Waals surface area contributed by atoms with E-state index in [0.717, 1.165) is 16.0 Å². The van der Waals surface area contributed by atoms with Crippen LogP contribution < -0.4 is 10.6 Å². The van der Waals surface area contributed by atoms with Gasteiger partial charge in [0.25, 0.3) is 0 Å². The average molecular weight is 555 g/mol. The van der Waals surface area contributed by atoms with E-state index in [-0.39, 0.29) is 17.1 Å². The van der Waals surface area contributed by atoms with Crippen molar-refractivity contribution in [2.45, 2.75) is 17.1 Å². The van der Waals surface area contributed by atoms with Gasteiger partial charge < -0.3 is 10.6 Å². The van der Waals surface area contributed by atoms with E-state index in [1.807, 2.05) is 73.0 Å². The number of aromatic nitrogens is 1. The van der Waals surface area contributed by atoms with Gasteiger partial charge in [0, 0.05) is 27.6 Å². The van der Waals surface area contributed by atoms with Gasteiger partial charge in [0.05, 0.1) is 21.0 Å². The zero-order chi connectivity index (χ0) is 25.5. The van der Waals surface area contributed by atoms with Crippen LogP contribution in [0.4, 0.5) is 10.8 Å². The van der Waals surface area contributed by atoms with E-state index < -0.39 is 0 Å². The molecule has 0 aliphatic carbocycles. The zero-order valence-corrected chi connectivity index (χ0v) is 22.2. The van der Waals surface area contributed by atoms with E-state index in [0.29, 0.717) is 26.6 Å². The highest BCUT2D eigenvalue weighted by Crippen LogP contribution is 2.31. The lowest BCUT2D eigenvalue weighted by Gasteiger charge is -2.11. The van der Waals surface area contributed by atoms with Crippen LogP contribution in [-0.2, 0) is 9.59 Å². The van der Waals surface area contributed by atoms with Crippen LogP contribution in [0, 0.1) is 0 Å². The topological polar surface area (TPSA) is 71.1 Å². The monoisotopic (exact) mass is 553 g/mol. The molecule has 182 valence electrons. The fourth-order valence-electron chi connectivity index (χ4n) is 3.15. The molecule has 1 aromatic heterocycles. The normalized spacial score (nSPS) is 11.9. The van der Waals surface area contributed by atoms with Crippen molar-refractivity contribution in [2.24, 2.45) is 0 Å². The Morgan fingerprint density at radius 3 is 2.56 bits per heavy atom. The highest BCUT2D eigenvalue weighted by Gasteiger charge is 2.17. The van der Waals surface area contributed by atoms with E-state index in [1.54, 1.807) is 18.2 Å². The summed E-state index contributed by atoms with van der Waals surface area (Å²) in [5.41, 5.74) is 3.13. The average Bonchev–Trinajstić information content (AvgIpc) is 3.33. The summed E-state index contributed by atoms with van der Waals surface area (Å²) in [6.45, 7) is 1.82. The zero-order valence-electron chi connectivity index (χ0n) is 19.1. The number of hydrogen-bond donors (Lipinski definition) is 2. The molecule has 0 spiro atoms. The van der Waals surface area contributed by atoms with Crippen LogP contribution in [0.1, 0.15) is 12.5 Å². The quantitative estimate of drug-likeness (QED) is 0.172. The SMILES string of the molecule is CC(Sc1cccc(NC(=O)/C=C/c2ccccc2)c1)C(=O)Nc1nc(-c2ccc(Cl)c(Cl)c2)cs1. The summed E-state index contributed by atoms with van der Waals surface area (Å²) in [5, 5.41) is 8.61. The molecular weight excluding hydrogens is 533 g/mol. The van der Waals surface area contributed by atoms with Gasteiger partial charge in [-0.3, -0.25) is 9.59 Å². The summed E-state index contributed by atoms with van der Waals surface area (Å²) >= 11 is 14.8. The summed E-state index contributed by atoms with van der Waals surface area (Å²) in [6, 6.07) is 22.3. The molecule has 1 heterocycles. The van der Waals surface area contributed by atoms with Crippen molar-refractivity contribution in [3.05, 3.63) is 99.9 Å². The maximum absolute atomic E-state index is 12.8. The Labute approximate surface area is 227 Å². The molecule has 0 aliphatic heterocycles. The number of nitrogens with zero attached hydrogens (tertiary/aromatic N) is 1. The number of anilines is 2. The van der Waals surface area contributed by atoms with Gasteiger partial charge in [-0.05, 0) is 48.9 Å². The number of thioether (sulfide) groups is 1. The molecule has 0 bridgehead atoms. The van der Waals surface area contributed by atoms with Gasteiger partial charge in [-0.15, -0.1) is 23.1 Å². The van der Waals surface area contributed by atoms with Gasteiger partial charge in [0.15, 0.2) is 5.13 Å². The molecule has 36 heavy (non-hydrogen) atoms. The Morgan fingerprint density at radius 1 is 0.972 bits per heavy atom. The molecule has 0 aliphatic rings. The second-order valence-corrected chi connectivity index (χ2v) is 10.8. The number of rotatable bonds is 8. The summed E-state index contributed by atoms with van der Waals surface area (Å²) in [4.78, 5) is 30.4. The molecule has 4 rings (SSSR count). The van der Waals surface area contributed by atoms with Crippen molar-refractivity contribution < 1.29 is 9.59 Å². The van der Waals surface area contributed by atoms with Gasteiger partial charge in [-0.2, -0.15) is 0 Å². The van der Waals surface area contributed by atoms with Crippen LogP contribution in [0.2, 0.25) is 10.0 Å². The predicted molar refractivity (Wildman–Crippen MR) is 152 cm³/mol. The van der Waals surface area contributed by atoms with Crippen LogP contribution in [0.15, 0.2) is 89.1 Å². The lowest BCUT2D eigenvalue weighted by Crippen LogP contribution is -2.22. The number of carbonyl (C=O) groups excluding carboxylic acids is 2. The molecule has 2 amide bonds. The molecule has 0 saturated carbocycles. The van der Waals surface area contributed by atoms with Gasteiger partial charge in [-0.1, -0.05) is 65.7 Å². The molecule has 0 fully saturated rings. The molecule has 0 saturated heterocycles. The van der Waals surface area contributed by atoms with E-state index in [4.69, 9.17) is 23.2 Å². The number of halogens is 2. The maximum Gasteiger partial charge on any atom is 0.248 e. The summed E-state index contributed by atoms with van der Waals surface area (Å²) < 4.78 is 0. The number of carbonyl (C=O) groups is 2. The number of thiazole rings is 1. The number of hydrogen-bond acceptors (Lipinski definition) is 5. The summed E-state index contributed by atoms with van der Waals surface area (Å²) in [7, 11) is 0. The first-order valence-corrected chi connectivity index (χ1v) is 13.4. The summed E-state index contributed by atoms with van der Waals surface area (Å²) in [6.07, 6.45) is 3.25. The lowest BCUT2D eigenvalue weighted by molar-refractivity contribution is -0.115. The molecule has 1 atom stereocenters. The van der Waals surface area contributed by atoms with Crippen molar-refractivity contribution in [2.75, 3.05) is 10.6 Å².